The lowest BCUT2D eigenvalue weighted by molar-refractivity contribution is -0.130. The first-order chi connectivity index (χ1) is 9.74. The van der Waals surface area contributed by atoms with Crippen LogP contribution in [0.5, 0.6) is 0 Å². The zero-order chi connectivity index (χ0) is 13.9. The molecule has 5 heteroatoms. The lowest BCUT2D eigenvalue weighted by atomic mass is 10.2. The summed E-state index contributed by atoms with van der Waals surface area (Å²) in [5.41, 5.74) is 0.881. The van der Waals surface area contributed by atoms with E-state index in [0.717, 1.165) is 18.5 Å². The molecule has 5 nitrogen and oxygen atoms in total. The van der Waals surface area contributed by atoms with Gasteiger partial charge in [0.05, 0.1) is 6.04 Å². The maximum absolute atomic E-state index is 12.0. The molecule has 2 aliphatic heterocycles. The summed E-state index contributed by atoms with van der Waals surface area (Å²) in [5, 5.41) is 2.92. The van der Waals surface area contributed by atoms with Crippen molar-refractivity contribution in [3.05, 3.63) is 30.3 Å². The highest BCUT2D eigenvalue weighted by Gasteiger charge is 2.33. The normalized spacial score (nSPS) is 26.0. The van der Waals surface area contributed by atoms with Crippen molar-refractivity contribution in [2.24, 2.45) is 0 Å². The highest BCUT2D eigenvalue weighted by molar-refractivity contribution is 5.97. The minimum atomic E-state index is -0.337. The van der Waals surface area contributed by atoms with Crippen molar-refractivity contribution >= 4 is 17.5 Å². The summed E-state index contributed by atoms with van der Waals surface area (Å²) < 4.78 is 5.35. The van der Waals surface area contributed by atoms with Crippen molar-refractivity contribution in [1.29, 1.82) is 0 Å². The van der Waals surface area contributed by atoms with Crippen LogP contribution < -0.4 is 10.2 Å². The van der Waals surface area contributed by atoms with Gasteiger partial charge in [-0.25, -0.2) is 0 Å². The van der Waals surface area contributed by atoms with Gasteiger partial charge in [0.1, 0.15) is 6.10 Å². The Balaban J connectivity index is 1.60. The molecule has 0 aliphatic carbocycles. The summed E-state index contributed by atoms with van der Waals surface area (Å²) in [6, 6.07) is 9.41. The second-order valence-electron chi connectivity index (χ2n) is 5.25. The Hall–Kier alpha value is -1.88. The minimum Gasteiger partial charge on any atom is -0.368 e. The Morgan fingerprint density at radius 1 is 1.30 bits per heavy atom. The molecule has 0 aromatic heterocycles. The first-order valence-electron chi connectivity index (χ1n) is 7.01. The zero-order valence-corrected chi connectivity index (χ0v) is 11.2. The van der Waals surface area contributed by atoms with Gasteiger partial charge in [-0.05, 0) is 25.0 Å². The van der Waals surface area contributed by atoms with E-state index in [2.05, 4.69) is 5.32 Å². The van der Waals surface area contributed by atoms with Crippen LogP contribution in [-0.2, 0) is 14.3 Å². The second kappa shape index (κ2) is 5.63. The average molecular weight is 274 g/mol. The lowest BCUT2D eigenvalue weighted by Crippen LogP contribution is -2.42. The minimum absolute atomic E-state index is 0.0499. The maximum atomic E-state index is 12.0. The Labute approximate surface area is 117 Å². The molecule has 0 spiro atoms. The van der Waals surface area contributed by atoms with E-state index in [4.69, 9.17) is 4.74 Å². The van der Waals surface area contributed by atoms with Crippen molar-refractivity contribution in [3.63, 3.8) is 0 Å². The Morgan fingerprint density at radius 2 is 2.10 bits per heavy atom. The summed E-state index contributed by atoms with van der Waals surface area (Å²) in [5.74, 6) is -0.0379. The largest absolute Gasteiger partial charge is 0.368 e. The van der Waals surface area contributed by atoms with Crippen molar-refractivity contribution < 1.29 is 14.3 Å². The fourth-order valence-electron chi connectivity index (χ4n) is 2.74. The van der Waals surface area contributed by atoms with Gasteiger partial charge in [-0.3, -0.25) is 9.59 Å². The van der Waals surface area contributed by atoms with Crippen LogP contribution in [0, 0.1) is 0 Å². The number of amides is 2. The van der Waals surface area contributed by atoms with Crippen molar-refractivity contribution in [2.45, 2.75) is 31.4 Å². The van der Waals surface area contributed by atoms with E-state index < -0.39 is 0 Å². The van der Waals surface area contributed by atoms with E-state index in [1.165, 1.54) is 0 Å². The third-order valence-corrected chi connectivity index (χ3v) is 3.76. The number of hydrogen-bond donors (Lipinski definition) is 1. The van der Waals surface area contributed by atoms with Gasteiger partial charge in [-0.1, -0.05) is 18.2 Å². The third-order valence-electron chi connectivity index (χ3n) is 3.76. The van der Waals surface area contributed by atoms with E-state index >= 15 is 0 Å². The first kappa shape index (κ1) is 13.1. The highest BCUT2D eigenvalue weighted by atomic mass is 16.5. The molecule has 2 amide bonds. The van der Waals surface area contributed by atoms with E-state index in [9.17, 15) is 9.59 Å². The van der Waals surface area contributed by atoms with Crippen LogP contribution in [-0.4, -0.2) is 37.1 Å². The van der Waals surface area contributed by atoms with Gasteiger partial charge in [-0.2, -0.15) is 0 Å². The fourth-order valence-corrected chi connectivity index (χ4v) is 2.74. The van der Waals surface area contributed by atoms with E-state index in [0.29, 0.717) is 19.6 Å². The van der Waals surface area contributed by atoms with Gasteiger partial charge < -0.3 is 15.0 Å². The van der Waals surface area contributed by atoms with Gasteiger partial charge in [0.25, 0.3) is 0 Å². The number of nitrogens with zero attached hydrogens (tertiary/aromatic N) is 1. The van der Waals surface area contributed by atoms with Crippen LogP contribution in [0.1, 0.15) is 19.3 Å². The predicted octanol–water partition coefficient (Wildman–Crippen LogP) is 1.09. The van der Waals surface area contributed by atoms with E-state index in [-0.39, 0.29) is 24.0 Å². The molecule has 0 saturated carbocycles. The van der Waals surface area contributed by atoms with Gasteiger partial charge in [0.15, 0.2) is 0 Å². The molecule has 20 heavy (non-hydrogen) atoms. The molecule has 1 aromatic rings. The fraction of sp³-hybridized carbons (Fsp3) is 0.467. The van der Waals surface area contributed by atoms with Gasteiger partial charge in [0.2, 0.25) is 11.8 Å². The van der Waals surface area contributed by atoms with E-state index in [1.54, 1.807) is 4.90 Å². The molecule has 0 radical (unpaired) electrons. The zero-order valence-electron chi connectivity index (χ0n) is 11.2. The molecule has 1 N–H and O–H groups in total. The van der Waals surface area contributed by atoms with Crippen LogP contribution in [0.3, 0.4) is 0 Å². The molecule has 0 bridgehead atoms. The maximum Gasteiger partial charge on any atom is 0.249 e. The topological polar surface area (TPSA) is 58.6 Å². The highest BCUT2D eigenvalue weighted by Crippen LogP contribution is 2.21. The molecule has 2 fully saturated rings. The molecule has 1 aromatic carbocycles. The summed E-state index contributed by atoms with van der Waals surface area (Å²) in [4.78, 5) is 25.7. The van der Waals surface area contributed by atoms with Crippen LogP contribution in [0.2, 0.25) is 0 Å². The molecular weight excluding hydrogens is 256 g/mol. The molecule has 3 rings (SSSR count). The monoisotopic (exact) mass is 274 g/mol. The Bertz CT molecular complexity index is 497. The van der Waals surface area contributed by atoms with Crippen LogP contribution >= 0.6 is 0 Å². The number of ether oxygens (including phenoxy) is 1. The first-order valence-corrected chi connectivity index (χ1v) is 7.01. The molecule has 2 aliphatic rings. The molecule has 2 unspecified atom stereocenters. The van der Waals surface area contributed by atoms with Crippen molar-refractivity contribution in [2.75, 3.05) is 18.1 Å². The third kappa shape index (κ3) is 2.67. The molecule has 2 atom stereocenters. The average Bonchev–Trinajstić information content (AvgIpc) is 3.09. The number of nitrogens with one attached hydrogen (secondary N) is 1. The number of para-hydroxylation sites is 1. The number of rotatable bonds is 3. The summed E-state index contributed by atoms with van der Waals surface area (Å²) in [6.07, 6.45) is 1.72. The van der Waals surface area contributed by atoms with Crippen LogP contribution in [0.15, 0.2) is 30.3 Å². The van der Waals surface area contributed by atoms with Crippen LogP contribution in [0.25, 0.3) is 0 Å². The molecule has 2 heterocycles. The molecule has 106 valence electrons. The summed E-state index contributed by atoms with van der Waals surface area (Å²) >= 11 is 0. The second-order valence-corrected chi connectivity index (χ2v) is 5.25. The van der Waals surface area contributed by atoms with Crippen molar-refractivity contribution in [1.82, 2.24) is 5.32 Å². The Morgan fingerprint density at radius 3 is 2.80 bits per heavy atom. The lowest BCUT2D eigenvalue weighted by Gasteiger charge is -2.18. The number of carbonyl (C=O) groups excluding carboxylic acids is 2. The summed E-state index contributed by atoms with van der Waals surface area (Å²) in [7, 11) is 0. The Kier molecular flexibility index (Phi) is 3.69. The SMILES string of the molecule is O=C(NC1CC(=O)N(c2ccccc2)C1)C1CCCO1. The van der Waals surface area contributed by atoms with E-state index in [1.807, 2.05) is 30.3 Å². The van der Waals surface area contributed by atoms with Gasteiger partial charge in [-0.15, -0.1) is 0 Å². The predicted molar refractivity (Wildman–Crippen MR) is 74.3 cm³/mol. The number of carbonyl (C=O) groups is 2. The van der Waals surface area contributed by atoms with Gasteiger partial charge >= 0.3 is 0 Å². The number of hydrogen-bond acceptors (Lipinski definition) is 3. The number of benzene rings is 1. The number of anilines is 1. The standard InChI is InChI=1S/C15H18N2O3/c18-14-9-11(16-15(19)13-7-4-8-20-13)10-17(14)12-5-2-1-3-6-12/h1-3,5-6,11,13H,4,7-10H2,(H,16,19). The van der Waals surface area contributed by atoms with Crippen LogP contribution in [0.4, 0.5) is 5.69 Å². The smallest absolute Gasteiger partial charge is 0.249 e. The molecular formula is C15H18N2O3. The summed E-state index contributed by atoms with van der Waals surface area (Å²) in [6.45, 7) is 1.18. The van der Waals surface area contributed by atoms with Crippen molar-refractivity contribution in [3.8, 4) is 0 Å². The molecule has 2 saturated heterocycles. The van der Waals surface area contributed by atoms with Gasteiger partial charge in [0, 0.05) is 25.3 Å². The quantitative estimate of drug-likeness (QED) is 0.897.